The van der Waals surface area contributed by atoms with Crippen molar-refractivity contribution in [2.24, 2.45) is 7.05 Å². The van der Waals surface area contributed by atoms with Gasteiger partial charge in [0.05, 0.1) is 0 Å². The first kappa shape index (κ1) is 10.9. The standard InChI is InChI=1S/C10H18N4/c1-9(5-4-6-11-2)7-10-12-8-13-14(10)3/h5,8,11H,4,6-7H2,1-3H3. The molecule has 1 aromatic heterocycles. The maximum absolute atomic E-state index is 4.18. The number of hydrogen-bond donors (Lipinski definition) is 1. The van der Waals surface area contributed by atoms with Gasteiger partial charge in [-0.05, 0) is 26.9 Å². The van der Waals surface area contributed by atoms with Crippen LogP contribution in [0.2, 0.25) is 0 Å². The molecule has 78 valence electrons. The van der Waals surface area contributed by atoms with Crippen LogP contribution in [0.1, 0.15) is 19.2 Å². The Kier molecular flexibility index (Phi) is 4.32. The van der Waals surface area contributed by atoms with Crippen LogP contribution >= 0.6 is 0 Å². The third-order valence-electron chi connectivity index (χ3n) is 2.13. The third-order valence-corrected chi connectivity index (χ3v) is 2.13. The molecule has 1 N–H and O–H groups in total. The van der Waals surface area contributed by atoms with Gasteiger partial charge in [0.1, 0.15) is 12.2 Å². The molecule has 0 aromatic carbocycles. The summed E-state index contributed by atoms with van der Waals surface area (Å²) in [6, 6.07) is 0. The van der Waals surface area contributed by atoms with E-state index in [1.165, 1.54) is 5.57 Å². The number of aryl methyl sites for hydroxylation is 1. The largest absolute Gasteiger partial charge is 0.319 e. The summed E-state index contributed by atoms with van der Waals surface area (Å²) in [5.74, 6) is 1.02. The molecule has 0 unspecified atom stereocenters. The predicted octanol–water partition coefficient (Wildman–Crippen LogP) is 0.913. The van der Waals surface area contributed by atoms with E-state index < -0.39 is 0 Å². The second-order valence-corrected chi connectivity index (χ2v) is 3.42. The van der Waals surface area contributed by atoms with Gasteiger partial charge in [-0.3, -0.25) is 4.68 Å². The molecule has 0 saturated heterocycles. The minimum Gasteiger partial charge on any atom is -0.319 e. The average molecular weight is 194 g/mol. The zero-order chi connectivity index (χ0) is 10.4. The zero-order valence-corrected chi connectivity index (χ0v) is 9.12. The minimum absolute atomic E-state index is 0.889. The highest BCUT2D eigenvalue weighted by atomic mass is 15.3. The summed E-state index contributed by atoms with van der Waals surface area (Å²) in [6.45, 7) is 3.15. The summed E-state index contributed by atoms with van der Waals surface area (Å²) in [5, 5.41) is 7.15. The highest BCUT2D eigenvalue weighted by molar-refractivity contribution is 5.06. The minimum atomic E-state index is 0.889. The lowest BCUT2D eigenvalue weighted by Crippen LogP contribution is -2.06. The van der Waals surface area contributed by atoms with Gasteiger partial charge in [-0.25, -0.2) is 4.98 Å². The van der Waals surface area contributed by atoms with Gasteiger partial charge in [0.25, 0.3) is 0 Å². The van der Waals surface area contributed by atoms with E-state index in [9.17, 15) is 0 Å². The fraction of sp³-hybridized carbons (Fsp3) is 0.600. The van der Waals surface area contributed by atoms with Crippen LogP contribution in [-0.4, -0.2) is 28.4 Å². The van der Waals surface area contributed by atoms with E-state index in [0.717, 1.165) is 25.2 Å². The Bertz CT molecular complexity index is 301. The molecule has 0 spiro atoms. The van der Waals surface area contributed by atoms with Crippen LogP contribution in [0.4, 0.5) is 0 Å². The second-order valence-electron chi connectivity index (χ2n) is 3.42. The van der Waals surface area contributed by atoms with Crippen molar-refractivity contribution in [1.82, 2.24) is 20.1 Å². The SMILES string of the molecule is CNCCC=C(C)Cc1ncnn1C. The van der Waals surface area contributed by atoms with Crippen molar-refractivity contribution in [3.63, 3.8) is 0 Å². The number of aromatic nitrogens is 3. The van der Waals surface area contributed by atoms with Crippen LogP contribution in [0, 0.1) is 0 Å². The molecule has 0 amide bonds. The number of rotatable bonds is 5. The van der Waals surface area contributed by atoms with Gasteiger partial charge in [0.15, 0.2) is 0 Å². The smallest absolute Gasteiger partial charge is 0.138 e. The average Bonchev–Trinajstić information content (AvgIpc) is 2.52. The maximum atomic E-state index is 4.18. The van der Waals surface area contributed by atoms with Gasteiger partial charge < -0.3 is 5.32 Å². The van der Waals surface area contributed by atoms with Crippen LogP contribution in [0.25, 0.3) is 0 Å². The van der Waals surface area contributed by atoms with E-state index in [1.54, 1.807) is 6.33 Å². The van der Waals surface area contributed by atoms with Crippen molar-refractivity contribution in [1.29, 1.82) is 0 Å². The van der Waals surface area contributed by atoms with Gasteiger partial charge in [-0.1, -0.05) is 11.6 Å². The third kappa shape index (κ3) is 3.30. The Balaban J connectivity index is 2.44. The molecule has 0 aliphatic heterocycles. The lowest BCUT2D eigenvalue weighted by Gasteiger charge is -2.01. The van der Waals surface area contributed by atoms with Crippen molar-refractivity contribution in [2.75, 3.05) is 13.6 Å². The molecule has 0 aliphatic carbocycles. The summed E-state index contributed by atoms with van der Waals surface area (Å²) in [7, 11) is 3.88. The van der Waals surface area contributed by atoms with Gasteiger partial charge >= 0.3 is 0 Å². The fourth-order valence-electron chi connectivity index (χ4n) is 1.26. The van der Waals surface area contributed by atoms with Crippen LogP contribution in [-0.2, 0) is 13.5 Å². The highest BCUT2D eigenvalue weighted by Crippen LogP contribution is 2.03. The summed E-state index contributed by atoms with van der Waals surface area (Å²) in [6.07, 6.45) is 5.79. The number of allylic oxidation sites excluding steroid dienone is 1. The quantitative estimate of drug-likeness (QED) is 0.559. The van der Waals surface area contributed by atoms with Crippen molar-refractivity contribution in [3.05, 3.63) is 23.8 Å². The summed E-state index contributed by atoms with van der Waals surface area (Å²) >= 11 is 0. The van der Waals surface area contributed by atoms with E-state index in [-0.39, 0.29) is 0 Å². The zero-order valence-electron chi connectivity index (χ0n) is 9.12. The fourth-order valence-corrected chi connectivity index (χ4v) is 1.26. The molecule has 0 saturated carbocycles. The molecule has 1 heterocycles. The first-order valence-electron chi connectivity index (χ1n) is 4.87. The molecule has 14 heavy (non-hydrogen) atoms. The normalized spacial score (nSPS) is 12.1. The highest BCUT2D eigenvalue weighted by Gasteiger charge is 2.00. The topological polar surface area (TPSA) is 42.7 Å². The number of nitrogens with one attached hydrogen (secondary N) is 1. The monoisotopic (exact) mass is 194 g/mol. The van der Waals surface area contributed by atoms with Crippen LogP contribution in [0.5, 0.6) is 0 Å². The van der Waals surface area contributed by atoms with Gasteiger partial charge in [0, 0.05) is 13.5 Å². The Hall–Kier alpha value is -1.16. The predicted molar refractivity (Wildman–Crippen MR) is 57.0 cm³/mol. The molecule has 0 atom stereocenters. The first-order chi connectivity index (χ1) is 6.74. The molecule has 1 aromatic rings. The maximum Gasteiger partial charge on any atom is 0.138 e. The first-order valence-corrected chi connectivity index (χ1v) is 4.87. The van der Waals surface area contributed by atoms with Gasteiger partial charge in [-0.15, -0.1) is 0 Å². The van der Waals surface area contributed by atoms with Gasteiger partial charge in [-0.2, -0.15) is 5.10 Å². The van der Waals surface area contributed by atoms with E-state index in [1.807, 2.05) is 18.8 Å². The lowest BCUT2D eigenvalue weighted by molar-refractivity contribution is 0.712. The molecular weight excluding hydrogens is 176 g/mol. The van der Waals surface area contributed by atoms with Gasteiger partial charge in [0.2, 0.25) is 0 Å². The second kappa shape index (κ2) is 5.54. The van der Waals surface area contributed by atoms with E-state index in [2.05, 4.69) is 28.4 Å². The van der Waals surface area contributed by atoms with Crippen molar-refractivity contribution in [3.8, 4) is 0 Å². The van der Waals surface area contributed by atoms with Crippen molar-refractivity contribution in [2.45, 2.75) is 19.8 Å². The number of nitrogens with zero attached hydrogens (tertiary/aromatic N) is 3. The molecular formula is C10H18N4. The summed E-state index contributed by atoms with van der Waals surface area (Å²) in [4.78, 5) is 4.18. The van der Waals surface area contributed by atoms with E-state index in [4.69, 9.17) is 0 Å². The molecule has 0 fully saturated rings. The van der Waals surface area contributed by atoms with Crippen LogP contribution in [0.3, 0.4) is 0 Å². The van der Waals surface area contributed by atoms with Crippen molar-refractivity contribution >= 4 is 0 Å². The summed E-state index contributed by atoms with van der Waals surface area (Å²) in [5.41, 5.74) is 1.34. The Labute approximate surface area is 85.0 Å². The Morgan fingerprint density at radius 1 is 1.64 bits per heavy atom. The van der Waals surface area contributed by atoms with Crippen LogP contribution in [0.15, 0.2) is 18.0 Å². The van der Waals surface area contributed by atoms with E-state index >= 15 is 0 Å². The van der Waals surface area contributed by atoms with Crippen LogP contribution < -0.4 is 5.32 Å². The summed E-state index contributed by atoms with van der Waals surface area (Å²) < 4.78 is 1.81. The Morgan fingerprint density at radius 2 is 2.43 bits per heavy atom. The molecule has 0 bridgehead atoms. The molecule has 0 aliphatic rings. The molecule has 0 radical (unpaired) electrons. The number of hydrogen-bond acceptors (Lipinski definition) is 3. The van der Waals surface area contributed by atoms with Crippen molar-refractivity contribution < 1.29 is 0 Å². The Morgan fingerprint density at radius 3 is 3.00 bits per heavy atom. The molecule has 4 heteroatoms. The molecule has 4 nitrogen and oxygen atoms in total. The lowest BCUT2D eigenvalue weighted by atomic mass is 10.1. The molecule has 1 rings (SSSR count). The van der Waals surface area contributed by atoms with E-state index in [0.29, 0.717) is 0 Å².